The second-order valence-corrected chi connectivity index (χ2v) is 8.13. The SMILES string of the molecule is CC(=N[S+]([O-])C(C)(C)C)c1ccc2c(c1)CCCC2. The first-order valence-corrected chi connectivity index (χ1v) is 8.08. The topological polar surface area (TPSA) is 35.4 Å². The standard InChI is InChI=1S/C16H23NOS/c1-12(17-19(18)16(2,3)4)14-10-9-13-7-5-6-8-15(13)11-14/h9-11H,5-8H2,1-4H3. The van der Waals surface area contributed by atoms with Crippen molar-refractivity contribution in [1.82, 2.24) is 0 Å². The fraction of sp³-hybridized carbons (Fsp3) is 0.562. The van der Waals surface area contributed by atoms with E-state index in [-0.39, 0.29) is 4.75 Å². The molecule has 0 aliphatic heterocycles. The molecular weight excluding hydrogens is 254 g/mol. The van der Waals surface area contributed by atoms with Crippen LogP contribution in [0.4, 0.5) is 0 Å². The zero-order chi connectivity index (χ0) is 14.0. The van der Waals surface area contributed by atoms with Crippen LogP contribution in [0.15, 0.2) is 22.6 Å². The molecule has 1 aliphatic rings. The van der Waals surface area contributed by atoms with E-state index in [2.05, 4.69) is 22.6 Å². The average molecular weight is 277 g/mol. The Hall–Kier alpha value is -0.800. The van der Waals surface area contributed by atoms with Crippen LogP contribution >= 0.6 is 0 Å². The molecule has 0 saturated carbocycles. The molecule has 0 radical (unpaired) electrons. The summed E-state index contributed by atoms with van der Waals surface area (Å²) in [5.74, 6) is 0. The number of hydrogen-bond acceptors (Lipinski definition) is 2. The number of fused-ring (bicyclic) bond motifs is 1. The highest BCUT2D eigenvalue weighted by Gasteiger charge is 2.26. The summed E-state index contributed by atoms with van der Waals surface area (Å²) in [6, 6.07) is 6.55. The number of hydrogen-bond donors (Lipinski definition) is 0. The van der Waals surface area contributed by atoms with E-state index in [1.54, 1.807) is 0 Å². The zero-order valence-electron chi connectivity index (χ0n) is 12.3. The van der Waals surface area contributed by atoms with E-state index in [9.17, 15) is 4.55 Å². The maximum absolute atomic E-state index is 12.1. The molecule has 0 saturated heterocycles. The third-order valence-corrected chi connectivity index (χ3v) is 5.00. The van der Waals surface area contributed by atoms with Crippen molar-refractivity contribution in [3.05, 3.63) is 34.9 Å². The summed E-state index contributed by atoms with van der Waals surface area (Å²) in [4.78, 5) is 0. The van der Waals surface area contributed by atoms with Crippen molar-refractivity contribution in [2.24, 2.45) is 4.40 Å². The predicted molar refractivity (Wildman–Crippen MR) is 83.2 cm³/mol. The molecule has 3 heteroatoms. The lowest BCUT2D eigenvalue weighted by Gasteiger charge is -2.19. The second-order valence-electron chi connectivity index (χ2n) is 6.23. The van der Waals surface area contributed by atoms with Gasteiger partial charge in [0.25, 0.3) is 0 Å². The largest absolute Gasteiger partial charge is 0.591 e. The number of aryl methyl sites for hydroxylation is 2. The Kier molecular flexibility index (Phi) is 4.36. The Morgan fingerprint density at radius 2 is 1.79 bits per heavy atom. The maximum atomic E-state index is 12.1. The van der Waals surface area contributed by atoms with Gasteiger partial charge in [-0.2, -0.15) is 0 Å². The van der Waals surface area contributed by atoms with Crippen LogP contribution in [-0.4, -0.2) is 15.0 Å². The van der Waals surface area contributed by atoms with Crippen molar-refractivity contribution >= 4 is 17.1 Å². The van der Waals surface area contributed by atoms with Crippen LogP contribution < -0.4 is 0 Å². The maximum Gasteiger partial charge on any atom is 0.144 e. The summed E-state index contributed by atoms with van der Waals surface area (Å²) < 4.78 is 16.1. The summed E-state index contributed by atoms with van der Waals surface area (Å²) in [6.07, 6.45) is 4.94. The molecular formula is C16H23NOS. The summed E-state index contributed by atoms with van der Waals surface area (Å²) in [5, 5.41) is 0. The van der Waals surface area contributed by atoms with Crippen molar-refractivity contribution in [2.75, 3.05) is 0 Å². The first kappa shape index (κ1) is 14.6. The summed E-state index contributed by atoms with van der Waals surface area (Å²) in [7, 11) is 0. The van der Waals surface area contributed by atoms with E-state index in [4.69, 9.17) is 0 Å². The van der Waals surface area contributed by atoms with Gasteiger partial charge in [0.15, 0.2) is 0 Å². The van der Waals surface area contributed by atoms with E-state index in [1.165, 1.54) is 36.8 Å². The number of rotatable bonds is 2. The monoisotopic (exact) mass is 277 g/mol. The van der Waals surface area contributed by atoms with Crippen molar-refractivity contribution < 1.29 is 4.55 Å². The molecule has 1 unspecified atom stereocenters. The van der Waals surface area contributed by atoms with Crippen LogP contribution in [0.2, 0.25) is 0 Å². The van der Waals surface area contributed by atoms with Crippen LogP contribution in [0.3, 0.4) is 0 Å². The van der Waals surface area contributed by atoms with Gasteiger partial charge in [-0.15, -0.1) is 0 Å². The average Bonchev–Trinajstić information content (AvgIpc) is 2.37. The van der Waals surface area contributed by atoms with Crippen molar-refractivity contribution in [3.8, 4) is 0 Å². The van der Waals surface area contributed by atoms with Crippen molar-refractivity contribution in [3.63, 3.8) is 0 Å². The minimum atomic E-state index is -1.18. The lowest BCUT2D eigenvalue weighted by atomic mass is 9.90. The van der Waals surface area contributed by atoms with E-state index < -0.39 is 11.4 Å². The Morgan fingerprint density at radius 1 is 1.16 bits per heavy atom. The van der Waals surface area contributed by atoms with Crippen LogP contribution in [0.25, 0.3) is 0 Å². The molecule has 1 aromatic carbocycles. The van der Waals surface area contributed by atoms with Gasteiger partial charge >= 0.3 is 0 Å². The van der Waals surface area contributed by atoms with Crippen LogP contribution in [0.1, 0.15) is 57.2 Å². The molecule has 0 heterocycles. The van der Waals surface area contributed by atoms with Gasteiger partial charge in [-0.1, -0.05) is 16.5 Å². The molecule has 0 aromatic heterocycles. The molecule has 0 bridgehead atoms. The van der Waals surface area contributed by atoms with Crippen LogP contribution in [-0.2, 0) is 24.2 Å². The van der Waals surface area contributed by atoms with E-state index in [0.717, 1.165) is 11.3 Å². The second kappa shape index (κ2) is 5.68. The quantitative estimate of drug-likeness (QED) is 0.597. The van der Waals surface area contributed by atoms with E-state index in [1.807, 2.05) is 27.7 Å². The fourth-order valence-corrected chi connectivity index (χ4v) is 2.90. The molecule has 2 rings (SSSR count). The third kappa shape index (κ3) is 3.61. The molecule has 0 N–H and O–H groups in total. The van der Waals surface area contributed by atoms with Crippen molar-refractivity contribution in [2.45, 2.75) is 58.1 Å². The Morgan fingerprint density at radius 3 is 2.42 bits per heavy atom. The fourth-order valence-electron chi connectivity index (χ4n) is 2.27. The molecule has 1 aliphatic carbocycles. The van der Waals surface area contributed by atoms with Gasteiger partial charge in [0.1, 0.15) is 16.1 Å². The Labute approximate surface area is 119 Å². The van der Waals surface area contributed by atoms with Gasteiger partial charge in [0.2, 0.25) is 0 Å². The van der Waals surface area contributed by atoms with Gasteiger partial charge in [-0.3, -0.25) is 0 Å². The van der Waals surface area contributed by atoms with Crippen LogP contribution in [0, 0.1) is 0 Å². The van der Waals surface area contributed by atoms with Gasteiger partial charge in [0, 0.05) is 5.56 Å². The molecule has 104 valence electrons. The summed E-state index contributed by atoms with van der Waals surface area (Å²) in [5.41, 5.74) is 4.90. The van der Waals surface area contributed by atoms with Gasteiger partial charge in [-0.05, 0) is 70.6 Å². The molecule has 1 atom stereocenters. The first-order valence-electron chi connectivity index (χ1n) is 6.97. The van der Waals surface area contributed by atoms with Crippen molar-refractivity contribution in [1.29, 1.82) is 0 Å². The summed E-state index contributed by atoms with van der Waals surface area (Å²) in [6.45, 7) is 7.81. The summed E-state index contributed by atoms with van der Waals surface area (Å²) >= 11 is -1.18. The molecule has 19 heavy (non-hydrogen) atoms. The highest BCUT2D eigenvalue weighted by molar-refractivity contribution is 7.91. The highest BCUT2D eigenvalue weighted by Crippen LogP contribution is 2.23. The molecule has 0 spiro atoms. The molecule has 0 fully saturated rings. The van der Waals surface area contributed by atoms with Gasteiger partial charge < -0.3 is 4.55 Å². The zero-order valence-corrected chi connectivity index (χ0v) is 13.1. The number of benzene rings is 1. The molecule has 1 aromatic rings. The molecule has 0 amide bonds. The van der Waals surface area contributed by atoms with Gasteiger partial charge in [-0.25, -0.2) is 0 Å². The Balaban J connectivity index is 2.24. The van der Waals surface area contributed by atoms with E-state index in [0.29, 0.717) is 0 Å². The normalized spacial score (nSPS) is 18.1. The lowest BCUT2D eigenvalue weighted by Crippen LogP contribution is -2.26. The predicted octanol–water partition coefficient (Wildman–Crippen LogP) is 3.84. The smallest absolute Gasteiger partial charge is 0.144 e. The van der Waals surface area contributed by atoms with E-state index >= 15 is 0 Å². The first-order chi connectivity index (χ1) is 8.88. The highest BCUT2D eigenvalue weighted by atomic mass is 32.2. The Bertz CT molecular complexity index is 488. The molecule has 2 nitrogen and oxygen atoms in total. The number of nitrogens with zero attached hydrogens (tertiary/aromatic N) is 1. The lowest BCUT2D eigenvalue weighted by molar-refractivity contribution is 0.561. The van der Waals surface area contributed by atoms with Gasteiger partial charge in [0.05, 0.1) is 5.71 Å². The minimum absolute atomic E-state index is 0.296. The minimum Gasteiger partial charge on any atom is -0.591 e. The third-order valence-electron chi connectivity index (χ3n) is 3.51. The van der Waals surface area contributed by atoms with Crippen LogP contribution in [0.5, 0.6) is 0 Å².